The van der Waals surface area contributed by atoms with Gasteiger partial charge in [0.15, 0.2) is 0 Å². The van der Waals surface area contributed by atoms with E-state index in [1.165, 1.54) is 0 Å². The highest BCUT2D eigenvalue weighted by atomic mass is 16.2. The second-order valence-electron chi connectivity index (χ2n) is 13.4. The van der Waals surface area contributed by atoms with E-state index in [9.17, 15) is 9.59 Å². The number of hydrogen-bond donors (Lipinski definition) is 2. The molecule has 0 atom stereocenters. The van der Waals surface area contributed by atoms with Crippen molar-refractivity contribution in [2.45, 2.75) is 0 Å². The van der Waals surface area contributed by atoms with E-state index in [0.29, 0.717) is 22.5 Å². The van der Waals surface area contributed by atoms with Crippen molar-refractivity contribution in [1.82, 2.24) is 9.97 Å². The van der Waals surface area contributed by atoms with Crippen LogP contribution in [-0.4, -0.2) is 21.8 Å². The fourth-order valence-corrected chi connectivity index (χ4v) is 7.83. The summed E-state index contributed by atoms with van der Waals surface area (Å²) in [5.74, 6) is -0.497. The van der Waals surface area contributed by atoms with Gasteiger partial charge in [-0.1, -0.05) is 133 Å². The van der Waals surface area contributed by atoms with Crippen LogP contribution < -0.4 is 10.6 Å². The van der Waals surface area contributed by atoms with Gasteiger partial charge in [-0.2, -0.15) is 0 Å². The number of rotatable bonds is 5. The minimum absolute atomic E-state index is 0.248. The van der Waals surface area contributed by atoms with E-state index in [0.717, 1.165) is 76.3 Å². The number of carbonyl (C=O) groups is 2. The summed E-state index contributed by atoms with van der Waals surface area (Å²) >= 11 is 0. The molecule has 0 aliphatic rings. The number of nitrogens with zero attached hydrogens (tertiary/aromatic N) is 2. The predicted octanol–water partition coefficient (Wildman–Crippen LogP) is 11.6. The van der Waals surface area contributed by atoms with Crippen LogP contribution in [0.5, 0.6) is 0 Å². The molecule has 10 aromatic rings. The predicted molar refractivity (Wildman–Crippen MR) is 221 cm³/mol. The van der Waals surface area contributed by atoms with Crippen molar-refractivity contribution >= 4 is 88.3 Å². The Morgan fingerprint density at radius 2 is 0.630 bits per heavy atom. The van der Waals surface area contributed by atoms with Gasteiger partial charge in [-0.3, -0.25) is 9.59 Å². The molecule has 6 nitrogen and oxygen atoms in total. The third-order valence-electron chi connectivity index (χ3n) is 10.2. The number of aromatic nitrogens is 2. The minimum Gasteiger partial charge on any atom is -0.321 e. The smallest absolute Gasteiger partial charge is 0.257 e. The summed E-state index contributed by atoms with van der Waals surface area (Å²) in [5, 5.41) is 13.6. The quantitative estimate of drug-likeness (QED) is 0.176. The number of pyridine rings is 2. The van der Waals surface area contributed by atoms with Crippen LogP contribution in [-0.2, 0) is 0 Å². The number of anilines is 2. The van der Waals surface area contributed by atoms with Crippen molar-refractivity contribution in [3.8, 4) is 11.1 Å². The molecule has 54 heavy (non-hydrogen) atoms. The minimum atomic E-state index is -0.248. The molecule has 254 valence electrons. The maximum atomic E-state index is 14.7. The topological polar surface area (TPSA) is 84.0 Å². The molecule has 0 aliphatic heterocycles. The van der Waals surface area contributed by atoms with Crippen LogP contribution in [0.1, 0.15) is 20.7 Å². The molecular weight excluding hydrogens is 665 g/mol. The average molecular weight is 695 g/mol. The highest BCUT2D eigenvalue weighted by Crippen LogP contribution is 2.44. The second kappa shape index (κ2) is 12.7. The lowest BCUT2D eigenvalue weighted by Crippen LogP contribution is -2.16. The first kappa shape index (κ1) is 31.3. The summed E-state index contributed by atoms with van der Waals surface area (Å²) in [6.07, 6.45) is 0. The lowest BCUT2D eigenvalue weighted by atomic mass is 9.90. The number of benzene rings is 8. The van der Waals surface area contributed by atoms with E-state index in [-0.39, 0.29) is 11.8 Å². The fourth-order valence-electron chi connectivity index (χ4n) is 7.83. The van der Waals surface area contributed by atoms with E-state index >= 15 is 0 Å². The first-order valence-corrected chi connectivity index (χ1v) is 17.8. The number of hydrogen-bond acceptors (Lipinski definition) is 4. The van der Waals surface area contributed by atoms with Crippen molar-refractivity contribution in [2.24, 2.45) is 0 Å². The summed E-state index contributed by atoms with van der Waals surface area (Å²) in [5.41, 5.74) is 6.94. The van der Waals surface area contributed by atoms with E-state index < -0.39 is 0 Å². The van der Waals surface area contributed by atoms with Crippen LogP contribution in [0.2, 0.25) is 0 Å². The van der Waals surface area contributed by atoms with Crippen LogP contribution in [0.3, 0.4) is 0 Å². The number of amides is 2. The summed E-state index contributed by atoms with van der Waals surface area (Å²) < 4.78 is 0. The molecule has 2 amide bonds. The maximum absolute atomic E-state index is 14.7. The molecule has 2 aromatic heterocycles. The molecule has 0 saturated carbocycles. The Kier molecular flexibility index (Phi) is 7.34. The average Bonchev–Trinajstić information content (AvgIpc) is 3.21. The molecule has 0 bridgehead atoms. The van der Waals surface area contributed by atoms with Gasteiger partial charge in [0, 0.05) is 44.0 Å². The van der Waals surface area contributed by atoms with Crippen molar-refractivity contribution in [2.75, 3.05) is 10.6 Å². The van der Waals surface area contributed by atoms with Crippen LogP contribution in [0.25, 0.3) is 76.3 Å². The Balaban J connectivity index is 1.19. The normalized spacial score (nSPS) is 11.5. The summed E-state index contributed by atoms with van der Waals surface area (Å²) in [6, 6.07) is 55.1. The Hall–Kier alpha value is -7.44. The van der Waals surface area contributed by atoms with Gasteiger partial charge in [-0.05, 0) is 57.9 Å². The summed E-state index contributed by atoms with van der Waals surface area (Å²) in [7, 11) is 0. The highest BCUT2D eigenvalue weighted by molar-refractivity contribution is 6.25. The van der Waals surface area contributed by atoms with Gasteiger partial charge < -0.3 is 10.6 Å². The van der Waals surface area contributed by atoms with Crippen molar-refractivity contribution in [3.63, 3.8) is 0 Å². The summed E-state index contributed by atoms with van der Waals surface area (Å²) in [6.45, 7) is 0. The van der Waals surface area contributed by atoms with Crippen LogP contribution in [0, 0.1) is 0 Å². The fraction of sp³-hybridized carbons (Fsp3) is 0. The van der Waals surface area contributed by atoms with Crippen molar-refractivity contribution < 1.29 is 9.59 Å². The first-order valence-electron chi connectivity index (χ1n) is 17.8. The third kappa shape index (κ3) is 5.12. The number of carbonyl (C=O) groups excluding carboxylic acids is 2. The van der Waals surface area contributed by atoms with Gasteiger partial charge in [0.25, 0.3) is 11.8 Å². The molecule has 2 heterocycles. The van der Waals surface area contributed by atoms with Gasteiger partial charge in [-0.15, -0.1) is 0 Å². The zero-order valence-electron chi connectivity index (χ0n) is 28.9. The van der Waals surface area contributed by atoms with E-state index in [4.69, 9.17) is 9.97 Å². The van der Waals surface area contributed by atoms with E-state index in [1.807, 2.05) is 146 Å². The molecular formula is C48H30N4O2. The SMILES string of the molecule is O=C(Nc1ccc2ccccc2c1-c1c(NC(=O)c2c3ccccc3nc3ccccc23)ccc2ccccc12)c1c2ccccc2nc2ccccc12. The zero-order valence-corrected chi connectivity index (χ0v) is 28.9. The van der Waals surface area contributed by atoms with Crippen LogP contribution in [0.4, 0.5) is 11.4 Å². The summed E-state index contributed by atoms with van der Waals surface area (Å²) in [4.78, 5) is 39.1. The van der Waals surface area contributed by atoms with Gasteiger partial charge >= 0.3 is 0 Å². The molecule has 2 N–H and O–H groups in total. The molecule has 0 spiro atoms. The molecule has 6 heteroatoms. The lowest BCUT2D eigenvalue weighted by Gasteiger charge is -2.21. The lowest BCUT2D eigenvalue weighted by molar-refractivity contribution is 0.102. The largest absolute Gasteiger partial charge is 0.321 e. The second-order valence-corrected chi connectivity index (χ2v) is 13.4. The number of fused-ring (bicyclic) bond motifs is 6. The molecule has 0 radical (unpaired) electrons. The van der Waals surface area contributed by atoms with Gasteiger partial charge in [0.2, 0.25) is 0 Å². The third-order valence-corrected chi connectivity index (χ3v) is 10.2. The molecule has 0 aliphatic carbocycles. The standard InChI is InChI=1S/C48H30N4O2/c53-47(43-33-17-5-9-21-37(33)49-38-22-10-6-18-34(38)43)51-41-27-25-29-13-1-3-15-31(29)45(41)46-32-16-4-2-14-30(32)26-28-42(46)52-48(54)44-35-19-7-11-23-39(35)50-40-24-12-8-20-36(40)44/h1-28H,(H,51,53)(H,52,54). The monoisotopic (exact) mass is 694 g/mol. The Morgan fingerprint density at radius 1 is 0.333 bits per heavy atom. The number of para-hydroxylation sites is 4. The van der Waals surface area contributed by atoms with Crippen LogP contribution >= 0.6 is 0 Å². The van der Waals surface area contributed by atoms with E-state index in [2.05, 4.69) is 34.9 Å². The van der Waals surface area contributed by atoms with E-state index in [1.54, 1.807) is 0 Å². The maximum Gasteiger partial charge on any atom is 0.257 e. The molecule has 10 rings (SSSR count). The zero-order chi connectivity index (χ0) is 36.2. The molecule has 0 fully saturated rings. The van der Waals surface area contributed by atoms with Crippen molar-refractivity contribution in [3.05, 3.63) is 181 Å². The molecule has 8 aromatic carbocycles. The first-order chi connectivity index (χ1) is 26.6. The van der Waals surface area contributed by atoms with Gasteiger partial charge in [0.1, 0.15) is 0 Å². The van der Waals surface area contributed by atoms with Gasteiger partial charge in [0.05, 0.1) is 33.2 Å². The Morgan fingerprint density at radius 3 is 0.981 bits per heavy atom. The Labute approximate surface area is 309 Å². The van der Waals surface area contributed by atoms with Gasteiger partial charge in [-0.25, -0.2) is 9.97 Å². The Bertz CT molecular complexity index is 2850. The van der Waals surface area contributed by atoms with Crippen LogP contribution in [0.15, 0.2) is 170 Å². The highest BCUT2D eigenvalue weighted by Gasteiger charge is 2.23. The number of nitrogens with one attached hydrogen (secondary N) is 2. The molecule has 0 saturated heterocycles. The van der Waals surface area contributed by atoms with Crippen molar-refractivity contribution in [1.29, 1.82) is 0 Å². The molecule has 0 unspecified atom stereocenters.